The van der Waals surface area contributed by atoms with Gasteiger partial charge in [-0.2, -0.15) is 0 Å². The van der Waals surface area contributed by atoms with Crippen LogP contribution in [0, 0.1) is 12.8 Å². The molecule has 1 aliphatic rings. The van der Waals surface area contributed by atoms with E-state index < -0.39 is 0 Å². The summed E-state index contributed by atoms with van der Waals surface area (Å²) in [4.78, 5) is 11.1. The summed E-state index contributed by atoms with van der Waals surface area (Å²) in [5, 5.41) is 0. The molecule has 0 bridgehead atoms. The number of hydrogen-bond donors (Lipinski definition) is 0. The molecule has 3 nitrogen and oxygen atoms in total. The summed E-state index contributed by atoms with van der Waals surface area (Å²) in [5.41, 5.74) is 0.812. The first-order valence-corrected chi connectivity index (χ1v) is 10.5. The second-order valence-corrected chi connectivity index (χ2v) is 5.47. The van der Waals surface area contributed by atoms with Crippen LogP contribution in [-0.2, 0) is 39.0 Å². The summed E-state index contributed by atoms with van der Waals surface area (Å²) in [6, 6.07) is 0. The maximum Gasteiger partial charge on any atom is 0.104 e. The average molecular weight is 505 g/mol. The molecule has 1 saturated heterocycles. The smallest absolute Gasteiger partial charge is 0.104 e. The first-order chi connectivity index (χ1) is 13.2. The van der Waals surface area contributed by atoms with Crippen LogP contribution in [0.3, 0.4) is 0 Å². The Morgan fingerprint density at radius 2 is 1.32 bits per heavy atom. The Morgan fingerprint density at radius 3 is 1.68 bits per heavy atom. The monoisotopic (exact) mass is 505 g/mol. The van der Waals surface area contributed by atoms with Crippen molar-refractivity contribution in [3.05, 3.63) is 24.2 Å². The number of anilines is 1. The van der Waals surface area contributed by atoms with Gasteiger partial charge in [0.2, 0.25) is 0 Å². The molecule has 1 fully saturated rings. The van der Waals surface area contributed by atoms with Crippen molar-refractivity contribution in [3.8, 4) is 0 Å². The number of rotatable bonds is 4. The summed E-state index contributed by atoms with van der Waals surface area (Å²) >= 11 is 0. The summed E-state index contributed by atoms with van der Waals surface area (Å²) < 4.78 is 0. The van der Waals surface area contributed by atoms with Crippen LogP contribution in [0.4, 0.5) is 5.82 Å². The van der Waals surface area contributed by atoms with Crippen LogP contribution >= 0.6 is 0 Å². The molecular weight excluding hydrogens is 452 g/mol. The normalized spacial score (nSPS) is 9.90. The van der Waals surface area contributed by atoms with E-state index in [1.54, 1.807) is 6.08 Å². The van der Waals surface area contributed by atoms with Gasteiger partial charge in [0.25, 0.3) is 0 Å². The summed E-state index contributed by atoms with van der Waals surface area (Å²) in [6.07, 6.45) is 9.07. The number of aromatic nitrogens is 2. The van der Waals surface area contributed by atoms with Crippen LogP contribution in [-0.4, -0.2) is 44.9 Å². The molecule has 2 rings (SSSR count). The van der Waals surface area contributed by atoms with Gasteiger partial charge in [-0.1, -0.05) is 90.4 Å². The Kier molecular flexibility index (Phi) is 62.9. The molecule has 0 aromatic carbocycles. The second kappa shape index (κ2) is 40.3. The predicted molar refractivity (Wildman–Crippen MR) is 149 cm³/mol. The van der Waals surface area contributed by atoms with Gasteiger partial charge >= 0.3 is 0 Å². The minimum absolute atomic E-state index is 0. The predicted octanol–water partition coefficient (Wildman–Crippen LogP) is 7.50. The largest absolute Gasteiger partial charge is 0.410 e. The molecule has 0 spiro atoms. The quantitative estimate of drug-likeness (QED) is 0.314. The van der Waals surface area contributed by atoms with E-state index in [2.05, 4.69) is 28.3 Å². The van der Waals surface area contributed by atoms with Crippen LogP contribution in [0.5, 0.6) is 0 Å². The van der Waals surface area contributed by atoms with Gasteiger partial charge in [-0.25, -0.2) is 5.56 Å². The van der Waals surface area contributed by atoms with E-state index in [0.717, 1.165) is 36.6 Å². The van der Waals surface area contributed by atoms with Gasteiger partial charge in [0.1, 0.15) is 21.8 Å². The molecule has 0 amide bonds. The average Bonchev–Trinajstić information content (AvgIpc) is 2.73. The Labute approximate surface area is 227 Å². The molecular formula is C24H53B3N3Y-2. The molecule has 1 aromatic rings. The Balaban J connectivity index is -0.0000000719. The van der Waals surface area contributed by atoms with E-state index in [-0.39, 0.29) is 55.0 Å². The molecule has 0 N–H and O–H groups in total. The molecule has 7 heteroatoms. The number of piperidine rings is 1. The SMILES string of the molecule is C.C.C.CC.CC.C[B]C.C[B]C.[CH-]=Cc1[c-]nc(C[B]C)nc1N1CCCCC1.[Y]. The molecule has 0 aliphatic carbocycles. The van der Waals surface area contributed by atoms with Crippen molar-refractivity contribution in [1.29, 1.82) is 0 Å². The fourth-order valence-electron chi connectivity index (χ4n) is 2.11. The Hall–Kier alpha value is -0.0813. The van der Waals surface area contributed by atoms with E-state index in [1.165, 1.54) is 19.3 Å². The van der Waals surface area contributed by atoms with Gasteiger partial charge in [0.15, 0.2) is 0 Å². The molecule has 178 valence electrons. The molecule has 1 aliphatic heterocycles. The zero-order valence-electron chi connectivity index (χ0n) is 20.0. The molecule has 2 heterocycles. The zero-order valence-corrected chi connectivity index (χ0v) is 22.9. The van der Waals surface area contributed by atoms with E-state index >= 15 is 0 Å². The fourth-order valence-corrected chi connectivity index (χ4v) is 2.11. The van der Waals surface area contributed by atoms with Crippen molar-refractivity contribution in [2.24, 2.45) is 0 Å². The van der Waals surface area contributed by atoms with Crippen molar-refractivity contribution in [2.45, 2.75) is 110 Å². The molecule has 0 atom stereocenters. The van der Waals surface area contributed by atoms with Crippen molar-refractivity contribution in [2.75, 3.05) is 18.0 Å². The standard InChI is InChI=1S/C13H17BN3.2C2H6B.2C2H6.3CH4.Y/c1-3-11-10-15-12(9-14-2)16-13(11)17-7-5-4-6-8-17;2*1-3-2;2*1-2;;;;/h1,3H,4-9H2,2H3;2*1-2H3;2*1-2H3;3*1H4;/q-2;;;;;;;;. The first kappa shape index (κ1) is 48.4. The molecule has 1 aromatic heterocycles. The second-order valence-electron chi connectivity index (χ2n) is 5.47. The third kappa shape index (κ3) is 26.1. The maximum atomic E-state index is 5.61. The van der Waals surface area contributed by atoms with Crippen LogP contribution < -0.4 is 4.90 Å². The molecule has 0 unspecified atom stereocenters. The third-order valence-corrected chi connectivity index (χ3v) is 2.99. The molecule has 0 saturated carbocycles. The van der Waals surface area contributed by atoms with Gasteiger partial charge in [-0.15, -0.1) is 6.20 Å². The van der Waals surface area contributed by atoms with Gasteiger partial charge in [-0.05, 0) is 25.1 Å². The molecule has 4 radical (unpaired) electrons. The molecule has 31 heavy (non-hydrogen) atoms. The topological polar surface area (TPSA) is 29.0 Å². The summed E-state index contributed by atoms with van der Waals surface area (Å²) in [5.74, 6) is 1.76. The third-order valence-electron chi connectivity index (χ3n) is 2.99. The first-order valence-electron chi connectivity index (χ1n) is 10.5. The number of hydrogen-bond acceptors (Lipinski definition) is 3. The van der Waals surface area contributed by atoms with Crippen molar-refractivity contribution < 1.29 is 32.7 Å². The van der Waals surface area contributed by atoms with Crippen molar-refractivity contribution in [3.63, 3.8) is 0 Å². The minimum Gasteiger partial charge on any atom is -0.410 e. The summed E-state index contributed by atoms with van der Waals surface area (Å²) in [6.45, 7) is 25.7. The van der Waals surface area contributed by atoms with Crippen LogP contribution in [0.25, 0.3) is 6.08 Å². The van der Waals surface area contributed by atoms with Crippen molar-refractivity contribution >= 4 is 33.7 Å². The van der Waals surface area contributed by atoms with Gasteiger partial charge in [-0.3, -0.25) is 0 Å². The zero-order chi connectivity index (χ0) is 21.5. The van der Waals surface area contributed by atoms with E-state index in [1.807, 2.05) is 76.4 Å². The Morgan fingerprint density at radius 1 is 0.903 bits per heavy atom. The fraction of sp³-hybridized carbons (Fsp3) is 0.750. The van der Waals surface area contributed by atoms with Gasteiger partial charge in [0.05, 0.1) is 0 Å². The van der Waals surface area contributed by atoms with Crippen LogP contribution in [0.1, 0.15) is 80.6 Å². The minimum atomic E-state index is 0. The van der Waals surface area contributed by atoms with Gasteiger partial charge in [0, 0.05) is 51.6 Å². The van der Waals surface area contributed by atoms with E-state index in [4.69, 9.17) is 6.58 Å². The van der Waals surface area contributed by atoms with Crippen LogP contribution in [0.2, 0.25) is 34.1 Å². The van der Waals surface area contributed by atoms with E-state index in [0.29, 0.717) is 0 Å². The number of nitrogens with zero attached hydrogens (tertiary/aromatic N) is 3. The maximum absolute atomic E-state index is 5.61. The van der Waals surface area contributed by atoms with Gasteiger partial charge < -0.3 is 27.5 Å². The Bertz CT molecular complexity index is 429. The van der Waals surface area contributed by atoms with Crippen LogP contribution in [0.15, 0.2) is 0 Å². The summed E-state index contributed by atoms with van der Waals surface area (Å²) in [7, 11) is 6.05. The van der Waals surface area contributed by atoms with Crippen molar-refractivity contribution in [1.82, 2.24) is 9.97 Å². The van der Waals surface area contributed by atoms with E-state index in [9.17, 15) is 0 Å².